The van der Waals surface area contributed by atoms with Crippen LogP contribution in [0.2, 0.25) is 0 Å². The first-order valence-corrected chi connectivity index (χ1v) is 7.58. The van der Waals surface area contributed by atoms with Gasteiger partial charge in [0.1, 0.15) is 0 Å². The summed E-state index contributed by atoms with van der Waals surface area (Å²) in [6, 6.07) is 13.5. The van der Waals surface area contributed by atoms with Crippen molar-refractivity contribution in [1.29, 1.82) is 0 Å². The van der Waals surface area contributed by atoms with Crippen LogP contribution in [0.3, 0.4) is 0 Å². The summed E-state index contributed by atoms with van der Waals surface area (Å²) in [5.74, 6) is -1.16. The third-order valence-corrected chi connectivity index (χ3v) is 3.73. The van der Waals surface area contributed by atoms with E-state index in [0.717, 1.165) is 4.90 Å². The summed E-state index contributed by atoms with van der Waals surface area (Å²) in [4.78, 5) is 37.7. The van der Waals surface area contributed by atoms with Gasteiger partial charge >= 0.3 is 5.97 Å². The van der Waals surface area contributed by atoms with Crippen LogP contribution in [0.25, 0.3) is 0 Å². The Morgan fingerprint density at radius 3 is 2.21 bits per heavy atom. The number of esters is 1. The van der Waals surface area contributed by atoms with Crippen molar-refractivity contribution in [2.24, 2.45) is 0 Å². The predicted octanol–water partition coefficient (Wildman–Crippen LogP) is 2.53. The van der Waals surface area contributed by atoms with Crippen LogP contribution in [0.5, 0.6) is 0 Å². The lowest BCUT2D eigenvalue weighted by atomic mass is 10.1. The van der Waals surface area contributed by atoms with E-state index in [0.29, 0.717) is 22.4 Å². The second kappa shape index (κ2) is 6.54. The number of carbonyl (C=O) groups is 3. The Labute approximate surface area is 139 Å². The average Bonchev–Trinajstić information content (AvgIpc) is 2.85. The third-order valence-electron chi connectivity index (χ3n) is 3.73. The minimum Gasteiger partial charge on any atom is -0.462 e. The van der Waals surface area contributed by atoms with Gasteiger partial charge in [-0.25, -0.2) is 4.79 Å². The molecule has 0 bridgehead atoms. The molecule has 0 aromatic heterocycles. The largest absolute Gasteiger partial charge is 0.462 e. The summed E-state index contributed by atoms with van der Waals surface area (Å²) in [5, 5.41) is 2.97. The van der Waals surface area contributed by atoms with E-state index in [9.17, 15) is 14.4 Å². The van der Waals surface area contributed by atoms with Crippen molar-refractivity contribution in [3.63, 3.8) is 0 Å². The molecule has 0 saturated carbocycles. The molecule has 6 heteroatoms. The topological polar surface area (TPSA) is 75.7 Å². The molecule has 6 nitrogen and oxygen atoms in total. The molecule has 1 aliphatic rings. The molecule has 3 rings (SSSR count). The Hall–Kier alpha value is -3.15. The van der Waals surface area contributed by atoms with Crippen molar-refractivity contribution in [2.45, 2.75) is 6.92 Å². The first kappa shape index (κ1) is 15.7. The molecule has 0 fully saturated rings. The summed E-state index contributed by atoms with van der Waals surface area (Å²) in [5.41, 5.74) is 1.65. The van der Waals surface area contributed by atoms with E-state index in [-0.39, 0.29) is 25.1 Å². The number of ether oxygens (including phenoxy) is 1. The van der Waals surface area contributed by atoms with Gasteiger partial charge in [-0.15, -0.1) is 0 Å². The zero-order valence-corrected chi connectivity index (χ0v) is 13.1. The Bertz CT molecular complexity index is 781. The molecule has 0 radical (unpaired) electrons. The molecule has 1 heterocycles. The summed E-state index contributed by atoms with van der Waals surface area (Å²) in [7, 11) is 0. The molecule has 2 aromatic carbocycles. The highest BCUT2D eigenvalue weighted by atomic mass is 16.5. The van der Waals surface area contributed by atoms with Gasteiger partial charge < -0.3 is 10.1 Å². The summed E-state index contributed by atoms with van der Waals surface area (Å²) < 4.78 is 5.01. The van der Waals surface area contributed by atoms with Crippen molar-refractivity contribution < 1.29 is 19.1 Å². The lowest BCUT2D eigenvalue weighted by Crippen LogP contribution is -2.34. The van der Waals surface area contributed by atoms with E-state index in [1.807, 2.05) is 0 Å². The molecule has 1 N–H and O–H groups in total. The Morgan fingerprint density at radius 1 is 1.00 bits per heavy atom. The average molecular weight is 324 g/mol. The van der Waals surface area contributed by atoms with E-state index in [4.69, 9.17) is 4.74 Å². The van der Waals surface area contributed by atoms with Gasteiger partial charge in [-0.3, -0.25) is 14.5 Å². The summed E-state index contributed by atoms with van der Waals surface area (Å²) in [6.07, 6.45) is 0. The molecule has 2 aromatic rings. The number of hydrogen-bond acceptors (Lipinski definition) is 5. The molecule has 0 atom stereocenters. The zero-order chi connectivity index (χ0) is 17.1. The lowest BCUT2D eigenvalue weighted by molar-refractivity contribution is 0.0527. The molecule has 1 aliphatic heterocycles. The molecule has 2 amide bonds. The van der Waals surface area contributed by atoms with Gasteiger partial charge in [-0.1, -0.05) is 24.3 Å². The molecule has 122 valence electrons. The monoisotopic (exact) mass is 324 g/mol. The molecule has 0 spiro atoms. The number of anilines is 1. The number of fused-ring (bicyclic) bond motifs is 1. The smallest absolute Gasteiger partial charge is 0.340 e. The fourth-order valence-corrected chi connectivity index (χ4v) is 2.57. The number of rotatable bonds is 5. The first-order chi connectivity index (χ1) is 11.6. The van der Waals surface area contributed by atoms with Gasteiger partial charge in [-0.05, 0) is 31.2 Å². The van der Waals surface area contributed by atoms with E-state index >= 15 is 0 Å². The maximum atomic E-state index is 12.3. The molecular weight excluding hydrogens is 308 g/mol. The van der Waals surface area contributed by atoms with Gasteiger partial charge in [0.25, 0.3) is 11.8 Å². The highest BCUT2D eigenvalue weighted by Crippen LogP contribution is 2.23. The summed E-state index contributed by atoms with van der Waals surface area (Å²) in [6.45, 7) is 1.97. The van der Waals surface area contributed by atoms with Crippen LogP contribution in [0, 0.1) is 0 Å². The normalized spacial score (nSPS) is 13.0. The van der Waals surface area contributed by atoms with E-state index in [1.54, 1.807) is 55.5 Å². The molecule has 0 saturated heterocycles. The Balaban J connectivity index is 1.77. The highest BCUT2D eigenvalue weighted by molar-refractivity contribution is 6.21. The maximum Gasteiger partial charge on any atom is 0.340 e. The third kappa shape index (κ3) is 2.74. The number of imide groups is 1. The van der Waals surface area contributed by atoms with Crippen LogP contribution in [0.1, 0.15) is 38.0 Å². The number of para-hydroxylation sites is 1. The van der Waals surface area contributed by atoms with Crippen LogP contribution in [0.15, 0.2) is 48.5 Å². The number of amides is 2. The number of nitrogens with one attached hydrogen (secondary N) is 1. The van der Waals surface area contributed by atoms with Gasteiger partial charge in [0.05, 0.1) is 35.7 Å². The number of benzene rings is 2. The van der Waals surface area contributed by atoms with Crippen LogP contribution >= 0.6 is 0 Å². The standard InChI is InChI=1S/C18H16N2O4/c1-2-24-18(23)14-9-5-6-10-15(14)19-11-20-16(21)12-7-3-4-8-13(12)17(20)22/h3-10,19H,2,11H2,1H3. The van der Waals surface area contributed by atoms with E-state index in [2.05, 4.69) is 5.32 Å². The number of nitrogens with zero attached hydrogens (tertiary/aromatic N) is 1. The van der Waals surface area contributed by atoms with Crippen LogP contribution < -0.4 is 5.32 Å². The predicted molar refractivity (Wildman–Crippen MR) is 87.8 cm³/mol. The van der Waals surface area contributed by atoms with Crippen LogP contribution in [-0.2, 0) is 4.74 Å². The molecule has 0 aliphatic carbocycles. The molecule has 0 unspecified atom stereocenters. The van der Waals surface area contributed by atoms with Gasteiger partial charge in [-0.2, -0.15) is 0 Å². The Morgan fingerprint density at radius 2 is 1.58 bits per heavy atom. The van der Waals surface area contributed by atoms with Crippen molar-refractivity contribution >= 4 is 23.5 Å². The van der Waals surface area contributed by atoms with Gasteiger partial charge in [0, 0.05) is 0 Å². The highest BCUT2D eigenvalue weighted by Gasteiger charge is 2.34. The van der Waals surface area contributed by atoms with Crippen LogP contribution in [-0.4, -0.2) is 36.0 Å². The fraction of sp³-hybridized carbons (Fsp3) is 0.167. The van der Waals surface area contributed by atoms with Crippen molar-refractivity contribution in [2.75, 3.05) is 18.6 Å². The lowest BCUT2D eigenvalue weighted by Gasteiger charge is -2.17. The van der Waals surface area contributed by atoms with Gasteiger partial charge in [0.2, 0.25) is 0 Å². The minimum absolute atomic E-state index is 0.0250. The maximum absolute atomic E-state index is 12.3. The minimum atomic E-state index is -0.456. The Kier molecular flexibility index (Phi) is 4.29. The molecule has 24 heavy (non-hydrogen) atoms. The second-order valence-electron chi connectivity index (χ2n) is 5.18. The van der Waals surface area contributed by atoms with Gasteiger partial charge in [0.15, 0.2) is 0 Å². The fourth-order valence-electron chi connectivity index (χ4n) is 2.57. The van der Waals surface area contributed by atoms with Crippen molar-refractivity contribution in [3.8, 4) is 0 Å². The van der Waals surface area contributed by atoms with Crippen LogP contribution in [0.4, 0.5) is 5.69 Å². The zero-order valence-electron chi connectivity index (χ0n) is 13.1. The summed E-state index contributed by atoms with van der Waals surface area (Å²) >= 11 is 0. The van der Waals surface area contributed by atoms with Crippen molar-refractivity contribution in [3.05, 3.63) is 65.2 Å². The number of carbonyl (C=O) groups excluding carboxylic acids is 3. The van der Waals surface area contributed by atoms with Crippen molar-refractivity contribution in [1.82, 2.24) is 4.90 Å². The SMILES string of the molecule is CCOC(=O)c1ccccc1NCN1C(=O)c2ccccc2C1=O. The quantitative estimate of drug-likeness (QED) is 0.675. The second-order valence-corrected chi connectivity index (χ2v) is 5.18. The van der Waals surface area contributed by atoms with E-state index in [1.165, 1.54) is 0 Å². The number of hydrogen-bond donors (Lipinski definition) is 1. The van der Waals surface area contributed by atoms with E-state index < -0.39 is 5.97 Å². The first-order valence-electron chi connectivity index (χ1n) is 7.58. The molecular formula is C18H16N2O4.